The highest BCUT2D eigenvalue weighted by molar-refractivity contribution is 6.35. The first-order valence-electron chi connectivity index (χ1n) is 11.0. The summed E-state index contributed by atoms with van der Waals surface area (Å²) in [5.74, 6) is 0.581. The van der Waals surface area contributed by atoms with Crippen LogP contribution >= 0.6 is 34.8 Å². The molecule has 2 aliphatic rings. The number of nitrogens with zero attached hydrogens (tertiary/aromatic N) is 4. The summed E-state index contributed by atoms with van der Waals surface area (Å²) in [5.41, 5.74) is 0.841. The minimum atomic E-state index is -0.531. The molecule has 2 aromatic rings. The second-order valence-electron chi connectivity index (χ2n) is 8.37. The monoisotopic (exact) mass is 526 g/mol. The maximum Gasteiger partial charge on any atom is 0.245 e. The van der Waals surface area contributed by atoms with Crippen molar-refractivity contribution in [1.82, 2.24) is 20.2 Å². The lowest BCUT2D eigenvalue weighted by molar-refractivity contribution is -0.137. The molecular formula is C22H25Cl3N6O3. The largest absolute Gasteiger partial charge is 0.394 e. The lowest BCUT2D eigenvalue weighted by atomic mass is 10.1. The first-order valence-corrected chi connectivity index (χ1v) is 12.1. The third-order valence-electron chi connectivity index (χ3n) is 6.07. The van der Waals surface area contributed by atoms with Crippen molar-refractivity contribution in [2.75, 3.05) is 36.5 Å². The fourth-order valence-electron chi connectivity index (χ4n) is 4.23. The van der Waals surface area contributed by atoms with Gasteiger partial charge in [-0.25, -0.2) is 4.98 Å². The predicted molar refractivity (Wildman–Crippen MR) is 132 cm³/mol. The van der Waals surface area contributed by atoms with E-state index in [0.29, 0.717) is 59.3 Å². The average molecular weight is 528 g/mol. The number of rotatable bonds is 6. The van der Waals surface area contributed by atoms with E-state index in [0.717, 1.165) is 5.56 Å². The fourth-order valence-corrected chi connectivity index (χ4v) is 4.95. The summed E-state index contributed by atoms with van der Waals surface area (Å²) >= 11 is 18.7. The van der Waals surface area contributed by atoms with Crippen LogP contribution in [0.15, 0.2) is 24.4 Å². The molecule has 182 valence electrons. The van der Waals surface area contributed by atoms with Crippen molar-refractivity contribution in [2.24, 2.45) is 0 Å². The van der Waals surface area contributed by atoms with Crippen LogP contribution < -0.4 is 15.5 Å². The van der Waals surface area contributed by atoms with Crippen molar-refractivity contribution in [3.63, 3.8) is 0 Å². The lowest BCUT2D eigenvalue weighted by Gasteiger charge is -2.41. The first kappa shape index (κ1) is 24.8. The van der Waals surface area contributed by atoms with E-state index in [9.17, 15) is 14.7 Å². The Kier molecular flexibility index (Phi) is 7.67. The van der Waals surface area contributed by atoms with Crippen molar-refractivity contribution in [1.29, 1.82) is 0 Å². The van der Waals surface area contributed by atoms with E-state index < -0.39 is 12.1 Å². The average Bonchev–Trinajstić information content (AvgIpc) is 3.25. The van der Waals surface area contributed by atoms with Crippen LogP contribution in [0.5, 0.6) is 0 Å². The first-order chi connectivity index (χ1) is 16.3. The Morgan fingerprint density at radius 2 is 2.09 bits per heavy atom. The van der Waals surface area contributed by atoms with Gasteiger partial charge in [-0.15, -0.1) is 0 Å². The van der Waals surface area contributed by atoms with E-state index in [2.05, 4.69) is 20.6 Å². The van der Waals surface area contributed by atoms with Gasteiger partial charge in [-0.3, -0.25) is 9.59 Å². The van der Waals surface area contributed by atoms with Crippen LogP contribution in [-0.2, 0) is 9.59 Å². The molecule has 2 amide bonds. The van der Waals surface area contributed by atoms with Crippen LogP contribution in [0.1, 0.15) is 31.4 Å². The second-order valence-corrected chi connectivity index (χ2v) is 9.62. The third kappa shape index (κ3) is 5.33. The van der Waals surface area contributed by atoms with Crippen LogP contribution in [0.2, 0.25) is 15.1 Å². The number of carbonyl (C=O) groups excluding carboxylic acids is 2. The summed E-state index contributed by atoms with van der Waals surface area (Å²) in [6.45, 7) is 2.92. The molecule has 0 saturated carbocycles. The summed E-state index contributed by atoms with van der Waals surface area (Å²) < 4.78 is 0. The Morgan fingerprint density at radius 1 is 1.29 bits per heavy atom. The Balaban J connectivity index is 1.47. The van der Waals surface area contributed by atoms with Gasteiger partial charge < -0.3 is 25.5 Å². The zero-order valence-corrected chi connectivity index (χ0v) is 20.7. The standard InChI is InChI=1S/C22H25Cl3N6O3/c1-12(15-3-2-13(23)8-16(15)24)27-20-17(25)9-26-22(29-20)30-6-7-31(14(10-30)11-32)21(34)18-4-5-19(33)28-18/h2-3,8-9,12,14,18,32H,4-7,10-11H2,1H3,(H,28,33)(H,26,27,29)/t12-,14+,18-/m1/s1. The summed E-state index contributed by atoms with van der Waals surface area (Å²) in [6, 6.07) is 4.11. The number of benzene rings is 1. The molecule has 0 radical (unpaired) electrons. The molecule has 3 N–H and O–H groups in total. The highest BCUT2D eigenvalue weighted by Gasteiger charge is 2.37. The Labute approximate surface area is 212 Å². The van der Waals surface area contributed by atoms with E-state index in [4.69, 9.17) is 34.8 Å². The minimum Gasteiger partial charge on any atom is -0.394 e. The molecule has 0 unspecified atom stereocenters. The molecule has 12 heteroatoms. The Hall–Kier alpha value is -2.33. The molecule has 34 heavy (non-hydrogen) atoms. The number of aliphatic hydroxyl groups excluding tert-OH is 1. The molecule has 2 saturated heterocycles. The number of piperazine rings is 1. The van der Waals surface area contributed by atoms with Crippen LogP contribution in [-0.4, -0.2) is 70.1 Å². The number of aliphatic hydroxyl groups is 1. The van der Waals surface area contributed by atoms with Gasteiger partial charge in [-0.05, 0) is 31.0 Å². The predicted octanol–water partition coefficient (Wildman–Crippen LogP) is 2.90. The van der Waals surface area contributed by atoms with Gasteiger partial charge in [-0.2, -0.15) is 4.98 Å². The molecule has 2 fully saturated rings. The number of amides is 2. The summed E-state index contributed by atoms with van der Waals surface area (Å²) in [7, 11) is 0. The molecule has 9 nitrogen and oxygen atoms in total. The quantitative estimate of drug-likeness (QED) is 0.530. The SMILES string of the molecule is C[C@@H](Nc1nc(N2CCN(C(=O)[C@H]3CCC(=O)N3)[C@H](CO)C2)ncc1Cl)c1ccc(Cl)cc1Cl. The zero-order valence-electron chi connectivity index (χ0n) is 18.5. The van der Waals surface area contributed by atoms with E-state index >= 15 is 0 Å². The molecule has 1 aromatic carbocycles. The number of nitrogens with one attached hydrogen (secondary N) is 2. The molecule has 0 aliphatic carbocycles. The van der Waals surface area contributed by atoms with Gasteiger partial charge in [0.15, 0.2) is 5.82 Å². The van der Waals surface area contributed by atoms with Crippen LogP contribution in [0.3, 0.4) is 0 Å². The van der Waals surface area contributed by atoms with Gasteiger partial charge in [0.2, 0.25) is 17.8 Å². The van der Waals surface area contributed by atoms with Crippen molar-refractivity contribution in [2.45, 2.75) is 37.9 Å². The van der Waals surface area contributed by atoms with E-state index in [1.54, 1.807) is 17.0 Å². The number of anilines is 2. The number of halogens is 3. The fraction of sp³-hybridized carbons (Fsp3) is 0.455. The van der Waals surface area contributed by atoms with Gasteiger partial charge in [0.25, 0.3) is 0 Å². The van der Waals surface area contributed by atoms with Crippen molar-refractivity contribution in [3.05, 3.63) is 45.0 Å². The van der Waals surface area contributed by atoms with Gasteiger partial charge in [0.1, 0.15) is 11.1 Å². The third-order valence-corrected chi connectivity index (χ3v) is 6.91. The van der Waals surface area contributed by atoms with Crippen molar-refractivity contribution in [3.8, 4) is 0 Å². The van der Waals surface area contributed by atoms with Gasteiger partial charge in [-0.1, -0.05) is 40.9 Å². The lowest BCUT2D eigenvalue weighted by Crippen LogP contribution is -2.60. The van der Waals surface area contributed by atoms with Crippen LogP contribution in [0.4, 0.5) is 11.8 Å². The topological polar surface area (TPSA) is 111 Å². The number of carbonyl (C=O) groups is 2. The summed E-state index contributed by atoms with van der Waals surface area (Å²) in [6.07, 6.45) is 2.33. The summed E-state index contributed by atoms with van der Waals surface area (Å²) in [4.78, 5) is 36.9. The van der Waals surface area contributed by atoms with Crippen molar-refractivity contribution >= 4 is 58.4 Å². The molecule has 0 spiro atoms. The number of hydrogen-bond acceptors (Lipinski definition) is 7. The Morgan fingerprint density at radius 3 is 2.76 bits per heavy atom. The van der Waals surface area contributed by atoms with Gasteiger partial charge in [0.05, 0.1) is 24.9 Å². The van der Waals surface area contributed by atoms with E-state index in [1.807, 2.05) is 17.9 Å². The van der Waals surface area contributed by atoms with Crippen molar-refractivity contribution < 1.29 is 14.7 Å². The highest BCUT2D eigenvalue weighted by atomic mass is 35.5. The smallest absolute Gasteiger partial charge is 0.245 e. The molecule has 2 aliphatic heterocycles. The summed E-state index contributed by atoms with van der Waals surface area (Å²) in [5, 5.41) is 17.4. The normalized spacial score (nSPS) is 21.4. The van der Waals surface area contributed by atoms with Crippen LogP contribution in [0.25, 0.3) is 0 Å². The highest BCUT2D eigenvalue weighted by Crippen LogP contribution is 2.31. The molecule has 3 heterocycles. The Bertz CT molecular complexity index is 1090. The maximum atomic E-state index is 12.9. The number of aromatic nitrogens is 2. The maximum absolute atomic E-state index is 12.9. The minimum absolute atomic E-state index is 0.124. The molecule has 4 rings (SSSR count). The molecule has 0 bridgehead atoms. The van der Waals surface area contributed by atoms with E-state index in [-0.39, 0.29) is 24.5 Å². The van der Waals surface area contributed by atoms with Gasteiger partial charge >= 0.3 is 0 Å². The molecular weight excluding hydrogens is 503 g/mol. The number of hydrogen-bond donors (Lipinski definition) is 3. The van der Waals surface area contributed by atoms with E-state index in [1.165, 1.54) is 6.20 Å². The second kappa shape index (κ2) is 10.5. The zero-order chi connectivity index (χ0) is 24.4. The molecule has 1 aromatic heterocycles. The van der Waals surface area contributed by atoms with Crippen LogP contribution in [0, 0.1) is 0 Å². The molecule has 3 atom stereocenters. The van der Waals surface area contributed by atoms with Gasteiger partial charge in [0, 0.05) is 36.1 Å².